The van der Waals surface area contributed by atoms with E-state index in [1.165, 1.54) is 0 Å². The summed E-state index contributed by atoms with van der Waals surface area (Å²) in [4.78, 5) is 2.25. The number of nitrogens with zero attached hydrogens (tertiary/aromatic N) is 3. The van der Waals surface area contributed by atoms with E-state index >= 15 is 0 Å². The first kappa shape index (κ1) is 19.4. The van der Waals surface area contributed by atoms with Gasteiger partial charge in [-0.1, -0.05) is 0 Å². The fourth-order valence-corrected chi connectivity index (χ4v) is 4.13. The highest BCUT2D eigenvalue weighted by Crippen LogP contribution is 2.33. The standard InChI is InChI=1S/C19H23F3N4O2/c20-14-5-16(22)15(21)4-13(14)19-17(23)3-11(10-28-19)6-25-7-12-8-26(1-2-27)24-18(12)9-25/h4-5,8,11,17,19,27H,1-3,6-7,9-10,23H2. The van der Waals surface area contributed by atoms with E-state index in [9.17, 15) is 13.2 Å². The number of hydrogen-bond donors (Lipinski definition) is 2. The molecule has 0 saturated carbocycles. The Morgan fingerprint density at radius 3 is 2.68 bits per heavy atom. The average Bonchev–Trinajstić information content (AvgIpc) is 3.17. The first-order valence-corrected chi connectivity index (χ1v) is 9.34. The predicted octanol–water partition coefficient (Wildman–Crippen LogP) is 1.71. The molecule has 1 saturated heterocycles. The fraction of sp³-hybridized carbons (Fsp3) is 0.526. The summed E-state index contributed by atoms with van der Waals surface area (Å²) in [5.41, 5.74) is 8.31. The molecule has 2 aliphatic heterocycles. The zero-order valence-corrected chi connectivity index (χ0v) is 15.3. The SMILES string of the molecule is NC1CC(CN2Cc3cn(CCO)nc3C2)COC1c1cc(F)c(F)cc1F. The van der Waals surface area contributed by atoms with Crippen LogP contribution in [0.15, 0.2) is 18.3 Å². The molecule has 0 amide bonds. The predicted molar refractivity (Wildman–Crippen MR) is 94.5 cm³/mol. The fourth-order valence-electron chi connectivity index (χ4n) is 4.13. The molecule has 3 heterocycles. The van der Waals surface area contributed by atoms with E-state index in [0.717, 1.165) is 37.0 Å². The Kier molecular flexibility index (Phi) is 5.42. The number of aromatic nitrogens is 2. The monoisotopic (exact) mass is 396 g/mol. The molecule has 0 spiro atoms. The smallest absolute Gasteiger partial charge is 0.161 e. The molecule has 1 aromatic carbocycles. The lowest BCUT2D eigenvalue weighted by Gasteiger charge is -2.36. The highest BCUT2D eigenvalue weighted by Gasteiger charge is 2.34. The van der Waals surface area contributed by atoms with Crippen molar-refractivity contribution in [2.45, 2.75) is 38.2 Å². The summed E-state index contributed by atoms with van der Waals surface area (Å²) in [6.07, 6.45) is 1.77. The van der Waals surface area contributed by atoms with Crippen molar-refractivity contribution in [2.24, 2.45) is 11.7 Å². The van der Waals surface area contributed by atoms with Crippen molar-refractivity contribution in [3.8, 4) is 0 Å². The lowest BCUT2D eigenvalue weighted by Crippen LogP contribution is -2.42. The molecule has 2 aromatic rings. The van der Waals surface area contributed by atoms with Gasteiger partial charge in [0.15, 0.2) is 11.6 Å². The summed E-state index contributed by atoms with van der Waals surface area (Å²) in [6, 6.07) is 0.862. The minimum absolute atomic E-state index is 0.0379. The topological polar surface area (TPSA) is 76.5 Å². The molecule has 9 heteroatoms. The first-order chi connectivity index (χ1) is 13.4. The molecule has 152 valence electrons. The number of nitrogens with two attached hydrogens (primary N) is 1. The van der Waals surface area contributed by atoms with Crippen molar-refractivity contribution in [3.63, 3.8) is 0 Å². The molecule has 2 aliphatic rings. The van der Waals surface area contributed by atoms with Gasteiger partial charge in [0.1, 0.15) is 11.9 Å². The van der Waals surface area contributed by atoms with E-state index in [1.54, 1.807) is 4.68 Å². The van der Waals surface area contributed by atoms with Gasteiger partial charge in [0, 0.05) is 49.1 Å². The largest absolute Gasteiger partial charge is 0.394 e. The van der Waals surface area contributed by atoms with Gasteiger partial charge in [0.05, 0.1) is 25.5 Å². The number of aliphatic hydroxyl groups is 1. The van der Waals surface area contributed by atoms with Crippen molar-refractivity contribution in [3.05, 3.63) is 52.6 Å². The molecule has 3 N–H and O–H groups in total. The third-order valence-electron chi connectivity index (χ3n) is 5.39. The summed E-state index contributed by atoms with van der Waals surface area (Å²) < 4.78 is 48.2. The molecule has 3 atom stereocenters. The normalized spacial score (nSPS) is 25.2. The maximum absolute atomic E-state index is 14.0. The summed E-state index contributed by atoms with van der Waals surface area (Å²) in [5.74, 6) is -3.02. The van der Waals surface area contributed by atoms with Crippen LogP contribution in [0.1, 0.15) is 29.3 Å². The Morgan fingerprint density at radius 1 is 1.18 bits per heavy atom. The highest BCUT2D eigenvalue weighted by atomic mass is 19.2. The maximum Gasteiger partial charge on any atom is 0.161 e. The van der Waals surface area contributed by atoms with Crippen LogP contribution in [0.25, 0.3) is 0 Å². The third-order valence-corrected chi connectivity index (χ3v) is 5.39. The number of rotatable bonds is 5. The van der Waals surface area contributed by atoms with Gasteiger partial charge < -0.3 is 15.6 Å². The van der Waals surface area contributed by atoms with E-state index in [1.807, 2.05) is 6.20 Å². The molecule has 6 nitrogen and oxygen atoms in total. The molecule has 3 unspecified atom stereocenters. The molecule has 28 heavy (non-hydrogen) atoms. The minimum atomic E-state index is -1.22. The number of halogens is 3. The maximum atomic E-state index is 14.0. The Hall–Kier alpha value is -1.94. The van der Waals surface area contributed by atoms with Crippen molar-refractivity contribution >= 4 is 0 Å². The first-order valence-electron chi connectivity index (χ1n) is 9.34. The van der Waals surface area contributed by atoms with Gasteiger partial charge in [-0.25, -0.2) is 13.2 Å². The Labute approximate surface area is 160 Å². The second kappa shape index (κ2) is 7.82. The summed E-state index contributed by atoms with van der Waals surface area (Å²) >= 11 is 0. The van der Waals surface area contributed by atoms with Crippen LogP contribution >= 0.6 is 0 Å². The van der Waals surface area contributed by atoms with Gasteiger partial charge in [-0.3, -0.25) is 9.58 Å². The van der Waals surface area contributed by atoms with Crippen LogP contribution in [0.3, 0.4) is 0 Å². The number of hydrogen-bond acceptors (Lipinski definition) is 5. The second-order valence-electron chi connectivity index (χ2n) is 7.56. The number of aliphatic hydroxyl groups excluding tert-OH is 1. The van der Waals surface area contributed by atoms with Crippen molar-refractivity contribution in [1.82, 2.24) is 14.7 Å². The van der Waals surface area contributed by atoms with E-state index in [4.69, 9.17) is 15.6 Å². The Bertz CT molecular complexity index is 836. The molecule has 0 aliphatic carbocycles. The molecule has 0 radical (unpaired) electrons. The van der Waals surface area contributed by atoms with Gasteiger partial charge in [-0.05, 0) is 18.4 Å². The van der Waals surface area contributed by atoms with E-state index < -0.39 is 29.6 Å². The van der Waals surface area contributed by atoms with E-state index in [-0.39, 0.29) is 18.1 Å². The third kappa shape index (κ3) is 3.80. The summed E-state index contributed by atoms with van der Waals surface area (Å²) in [6.45, 7) is 3.17. The second-order valence-corrected chi connectivity index (χ2v) is 7.56. The van der Waals surface area contributed by atoms with Crippen molar-refractivity contribution in [2.75, 3.05) is 19.8 Å². The Morgan fingerprint density at radius 2 is 1.96 bits per heavy atom. The zero-order chi connectivity index (χ0) is 19.8. The molecule has 4 rings (SSSR count). The van der Waals surface area contributed by atoms with Crippen molar-refractivity contribution < 1.29 is 23.0 Å². The van der Waals surface area contributed by atoms with Crippen LogP contribution in [-0.4, -0.2) is 45.6 Å². The van der Waals surface area contributed by atoms with Gasteiger partial charge in [-0.2, -0.15) is 5.10 Å². The van der Waals surface area contributed by atoms with Crippen LogP contribution in [0.2, 0.25) is 0 Å². The number of ether oxygens (including phenoxy) is 1. The molecule has 1 fully saturated rings. The number of fused-ring (bicyclic) bond motifs is 1. The molecular formula is C19H23F3N4O2. The van der Waals surface area contributed by atoms with Crippen LogP contribution in [0.5, 0.6) is 0 Å². The molecule has 1 aromatic heterocycles. The van der Waals surface area contributed by atoms with Crippen LogP contribution in [-0.2, 0) is 24.4 Å². The average molecular weight is 396 g/mol. The molecule has 0 bridgehead atoms. The Balaban J connectivity index is 1.35. The van der Waals surface area contributed by atoms with Gasteiger partial charge in [0.25, 0.3) is 0 Å². The van der Waals surface area contributed by atoms with Crippen LogP contribution in [0.4, 0.5) is 13.2 Å². The summed E-state index contributed by atoms with van der Waals surface area (Å²) in [5, 5.41) is 13.5. The van der Waals surface area contributed by atoms with Gasteiger partial charge in [0.2, 0.25) is 0 Å². The lowest BCUT2D eigenvalue weighted by molar-refractivity contribution is -0.0414. The van der Waals surface area contributed by atoms with Gasteiger partial charge >= 0.3 is 0 Å². The highest BCUT2D eigenvalue weighted by molar-refractivity contribution is 5.24. The van der Waals surface area contributed by atoms with Gasteiger partial charge in [-0.15, -0.1) is 0 Å². The number of benzene rings is 1. The van der Waals surface area contributed by atoms with Crippen molar-refractivity contribution in [1.29, 1.82) is 0 Å². The quantitative estimate of drug-likeness (QED) is 0.753. The van der Waals surface area contributed by atoms with Crippen LogP contribution < -0.4 is 5.73 Å². The lowest BCUT2D eigenvalue weighted by atomic mass is 9.90. The van der Waals surface area contributed by atoms with E-state index in [0.29, 0.717) is 25.6 Å². The molecular weight excluding hydrogens is 373 g/mol. The van der Waals surface area contributed by atoms with Crippen LogP contribution in [0, 0.1) is 23.4 Å². The van der Waals surface area contributed by atoms with E-state index in [2.05, 4.69) is 10.00 Å². The zero-order valence-electron chi connectivity index (χ0n) is 15.3. The minimum Gasteiger partial charge on any atom is -0.394 e. The summed E-state index contributed by atoms with van der Waals surface area (Å²) in [7, 11) is 0.